The SMILES string of the molecule is CC=CC1CC1CC1CC1CCCC1CC1CC(C)C. The molecule has 6 unspecified atom stereocenters. The Morgan fingerprint density at radius 3 is 2.30 bits per heavy atom. The van der Waals surface area contributed by atoms with Crippen LogP contribution in [0.5, 0.6) is 0 Å². The molecular weight excluding hydrogens is 240 g/mol. The molecule has 3 rings (SSSR count). The second-order valence-corrected chi connectivity index (χ2v) is 8.49. The smallest absolute Gasteiger partial charge is 0.0202 e. The molecule has 114 valence electrons. The molecule has 0 aromatic rings. The van der Waals surface area contributed by atoms with Crippen molar-refractivity contribution in [2.75, 3.05) is 0 Å². The van der Waals surface area contributed by atoms with E-state index in [1.807, 2.05) is 0 Å². The van der Waals surface area contributed by atoms with Gasteiger partial charge in [-0.3, -0.25) is 0 Å². The molecule has 20 heavy (non-hydrogen) atoms. The van der Waals surface area contributed by atoms with Crippen molar-refractivity contribution < 1.29 is 0 Å². The van der Waals surface area contributed by atoms with Gasteiger partial charge in [0.05, 0.1) is 0 Å². The van der Waals surface area contributed by atoms with E-state index in [4.69, 9.17) is 0 Å². The minimum absolute atomic E-state index is 0.918. The van der Waals surface area contributed by atoms with E-state index in [1.165, 1.54) is 19.3 Å². The molecule has 0 bridgehead atoms. The van der Waals surface area contributed by atoms with E-state index < -0.39 is 0 Å². The molecule has 0 heteroatoms. The minimum Gasteiger partial charge on any atom is -0.0914 e. The Bertz CT molecular complexity index is 340. The zero-order valence-corrected chi connectivity index (χ0v) is 13.9. The highest BCUT2D eigenvalue weighted by atomic mass is 14.5. The van der Waals surface area contributed by atoms with Gasteiger partial charge in [0, 0.05) is 0 Å². The third-order valence-corrected chi connectivity index (χ3v) is 6.08. The molecule has 3 aliphatic rings. The van der Waals surface area contributed by atoms with Crippen LogP contribution in [0.1, 0.15) is 72.1 Å². The molecule has 0 amide bonds. The number of hydrogen-bond donors (Lipinski definition) is 0. The van der Waals surface area contributed by atoms with E-state index in [1.54, 1.807) is 32.1 Å². The number of allylic oxidation sites excluding steroid dienone is 2. The summed E-state index contributed by atoms with van der Waals surface area (Å²) in [5, 5.41) is 0. The minimum atomic E-state index is 0.918. The van der Waals surface area contributed by atoms with Gasteiger partial charge in [0.15, 0.2) is 0 Å². The fourth-order valence-electron chi connectivity index (χ4n) is 4.57. The van der Waals surface area contributed by atoms with Gasteiger partial charge in [-0.15, -0.1) is 0 Å². The largest absolute Gasteiger partial charge is 0.0914 e. The summed E-state index contributed by atoms with van der Waals surface area (Å²) in [7, 11) is 0. The Labute approximate surface area is 126 Å². The maximum atomic E-state index is 2.43. The third-order valence-electron chi connectivity index (χ3n) is 6.08. The average Bonchev–Trinajstić information content (AvgIpc) is 3.26. The van der Waals surface area contributed by atoms with E-state index in [-0.39, 0.29) is 0 Å². The van der Waals surface area contributed by atoms with Crippen LogP contribution in [0.4, 0.5) is 0 Å². The van der Waals surface area contributed by atoms with Gasteiger partial charge in [-0.2, -0.15) is 0 Å². The van der Waals surface area contributed by atoms with E-state index in [2.05, 4.69) is 32.9 Å². The molecule has 0 spiro atoms. The van der Waals surface area contributed by atoms with Crippen LogP contribution >= 0.6 is 0 Å². The van der Waals surface area contributed by atoms with Crippen molar-refractivity contribution >= 4 is 0 Å². The zero-order valence-electron chi connectivity index (χ0n) is 13.9. The highest BCUT2D eigenvalue weighted by molar-refractivity contribution is 5.03. The first-order valence-corrected chi connectivity index (χ1v) is 9.30. The first-order valence-electron chi connectivity index (χ1n) is 9.30. The van der Waals surface area contributed by atoms with Crippen LogP contribution in [0.2, 0.25) is 0 Å². The highest BCUT2D eigenvalue weighted by Gasteiger charge is 2.44. The summed E-state index contributed by atoms with van der Waals surface area (Å²) in [6, 6.07) is 0. The molecular formula is C20H34. The molecule has 0 heterocycles. The number of rotatable bonds is 9. The van der Waals surface area contributed by atoms with Gasteiger partial charge in [0.2, 0.25) is 0 Å². The normalized spacial score (nSPS) is 42.4. The predicted octanol–water partition coefficient (Wildman–Crippen LogP) is 6.08. The van der Waals surface area contributed by atoms with Crippen molar-refractivity contribution in [1.82, 2.24) is 0 Å². The summed E-state index contributed by atoms with van der Waals surface area (Å²) >= 11 is 0. The topological polar surface area (TPSA) is 0 Å². The molecule has 0 aliphatic heterocycles. The second kappa shape index (κ2) is 6.24. The second-order valence-electron chi connectivity index (χ2n) is 8.49. The standard InChI is InChI=1S/C20H34/c1-4-6-15-10-19(15)13-20-12-17(20)8-5-7-16-11-18(16)9-14(2)3/h4,6,14-20H,5,7-13H2,1-3H3. The Morgan fingerprint density at radius 1 is 0.900 bits per heavy atom. The highest BCUT2D eigenvalue weighted by Crippen LogP contribution is 2.54. The molecule has 0 aromatic heterocycles. The lowest BCUT2D eigenvalue weighted by atomic mass is 10.0. The van der Waals surface area contributed by atoms with Crippen LogP contribution in [-0.4, -0.2) is 0 Å². The first-order chi connectivity index (χ1) is 9.67. The first kappa shape index (κ1) is 14.7. The van der Waals surface area contributed by atoms with Crippen molar-refractivity contribution in [3.05, 3.63) is 12.2 Å². The molecule has 0 saturated heterocycles. The van der Waals surface area contributed by atoms with Crippen molar-refractivity contribution in [1.29, 1.82) is 0 Å². The Morgan fingerprint density at radius 2 is 1.60 bits per heavy atom. The molecule has 0 radical (unpaired) electrons. The van der Waals surface area contributed by atoms with Gasteiger partial charge in [-0.05, 0) is 80.5 Å². The summed E-state index contributed by atoms with van der Waals surface area (Å²) in [6.45, 7) is 6.92. The van der Waals surface area contributed by atoms with Crippen LogP contribution in [0, 0.1) is 41.4 Å². The van der Waals surface area contributed by atoms with Crippen molar-refractivity contribution in [2.45, 2.75) is 72.1 Å². The summed E-state index contributed by atoms with van der Waals surface area (Å²) < 4.78 is 0. The third kappa shape index (κ3) is 4.12. The van der Waals surface area contributed by atoms with E-state index >= 15 is 0 Å². The lowest BCUT2D eigenvalue weighted by Crippen LogP contribution is -1.92. The van der Waals surface area contributed by atoms with Crippen LogP contribution in [-0.2, 0) is 0 Å². The van der Waals surface area contributed by atoms with Crippen LogP contribution in [0.25, 0.3) is 0 Å². The Hall–Kier alpha value is -0.260. The van der Waals surface area contributed by atoms with Crippen LogP contribution < -0.4 is 0 Å². The van der Waals surface area contributed by atoms with Gasteiger partial charge in [-0.1, -0.05) is 45.3 Å². The summed E-state index contributed by atoms with van der Waals surface area (Å²) in [4.78, 5) is 0. The lowest BCUT2D eigenvalue weighted by molar-refractivity contribution is 0.479. The molecule has 3 fully saturated rings. The Kier molecular flexibility index (Phi) is 4.58. The van der Waals surface area contributed by atoms with Gasteiger partial charge < -0.3 is 0 Å². The van der Waals surface area contributed by atoms with Crippen molar-refractivity contribution in [3.8, 4) is 0 Å². The quantitative estimate of drug-likeness (QED) is 0.447. The number of hydrogen-bond acceptors (Lipinski definition) is 0. The molecule has 0 nitrogen and oxygen atoms in total. The lowest BCUT2D eigenvalue weighted by Gasteiger charge is -2.04. The van der Waals surface area contributed by atoms with Crippen molar-refractivity contribution in [3.63, 3.8) is 0 Å². The van der Waals surface area contributed by atoms with Gasteiger partial charge >= 0.3 is 0 Å². The van der Waals surface area contributed by atoms with Gasteiger partial charge in [-0.25, -0.2) is 0 Å². The predicted molar refractivity (Wildman–Crippen MR) is 87.5 cm³/mol. The fourth-order valence-corrected chi connectivity index (χ4v) is 4.57. The van der Waals surface area contributed by atoms with Crippen LogP contribution in [0.15, 0.2) is 12.2 Å². The molecule has 0 aromatic carbocycles. The fraction of sp³-hybridized carbons (Fsp3) is 0.900. The molecule has 6 atom stereocenters. The zero-order chi connectivity index (χ0) is 14.1. The average molecular weight is 274 g/mol. The van der Waals surface area contributed by atoms with E-state index in [0.717, 1.165) is 41.4 Å². The summed E-state index contributed by atoms with van der Waals surface area (Å²) in [5.74, 6) is 7.44. The van der Waals surface area contributed by atoms with Crippen molar-refractivity contribution in [2.24, 2.45) is 41.4 Å². The van der Waals surface area contributed by atoms with E-state index in [0.29, 0.717) is 0 Å². The van der Waals surface area contributed by atoms with Gasteiger partial charge in [0.25, 0.3) is 0 Å². The molecule has 3 saturated carbocycles. The van der Waals surface area contributed by atoms with E-state index in [9.17, 15) is 0 Å². The monoisotopic (exact) mass is 274 g/mol. The van der Waals surface area contributed by atoms with Gasteiger partial charge in [0.1, 0.15) is 0 Å². The Balaban J connectivity index is 1.20. The summed E-state index contributed by atoms with van der Waals surface area (Å²) in [5.41, 5.74) is 0. The maximum absolute atomic E-state index is 2.43. The summed E-state index contributed by atoms with van der Waals surface area (Å²) in [6.07, 6.45) is 17.0. The molecule has 0 N–H and O–H groups in total. The molecule has 3 aliphatic carbocycles. The maximum Gasteiger partial charge on any atom is -0.0202 e. The van der Waals surface area contributed by atoms with Crippen LogP contribution in [0.3, 0.4) is 0 Å².